The summed E-state index contributed by atoms with van der Waals surface area (Å²) < 4.78 is 34.9. The number of hydrogen-bond acceptors (Lipinski definition) is 4. The summed E-state index contributed by atoms with van der Waals surface area (Å²) in [6, 6.07) is 23.3. The van der Waals surface area contributed by atoms with Crippen molar-refractivity contribution in [1.29, 1.82) is 0 Å². The summed E-state index contributed by atoms with van der Waals surface area (Å²) in [7, 11) is -3.79. The monoisotopic (exact) mass is 473 g/mol. The second-order valence-corrected chi connectivity index (χ2v) is 9.71. The van der Waals surface area contributed by atoms with Crippen LogP contribution in [-0.4, -0.2) is 20.1 Å². The third kappa shape index (κ3) is 4.23. The van der Waals surface area contributed by atoms with E-state index in [-0.39, 0.29) is 24.0 Å². The summed E-state index contributed by atoms with van der Waals surface area (Å²) in [4.78, 5) is 0.135. The molecule has 2 N–H and O–H groups in total. The lowest BCUT2D eigenvalue weighted by atomic mass is 9.83. The number of aliphatic hydroxyl groups is 1. The summed E-state index contributed by atoms with van der Waals surface area (Å²) >= 11 is 3.29. The molecule has 3 aromatic rings. The molecule has 4 rings (SSSR count). The van der Waals surface area contributed by atoms with Crippen molar-refractivity contribution in [3.8, 4) is 5.75 Å². The Morgan fingerprint density at radius 1 is 1.03 bits per heavy atom. The van der Waals surface area contributed by atoms with Gasteiger partial charge in [0.15, 0.2) is 0 Å². The summed E-state index contributed by atoms with van der Waals surface area (Å²) in [6.07, 6.45) is -0.152. The van der Waals surface area contributed by atoms with Crippen LogP contribution in [0.25, 0.3) is 0 Å². The molecule has 1 heterocycles. The first-order chi connectivity index (χ1) is 13.9. The molecule has 0 fully saturated rings. The lowest BCUT2D eigenvalue weighted by molar-refractivity contribution is -0.0270. The van der Waals surface area contributed by atoms with Crippen molar-refractivity contribution < 1.29 is 18.3 Å². The maximum atomic E-state index is 12.8. The molecule has 150 valence electrons. The van der Waals surface area contributed by atoms with Crippen LogP contribution in [0.3, 0.4) is 0 Å². The van der Waals surface area contributed by atoms with Crippen molar-refractivity contribution in [1.82, 2.24) is 4.72 Å². The number of halogens is 1. The number of para-hydroxylation sites is 1. The Balaban J connectivity index is 1.64. The van der Waals surface area contributed by atoms with E-state index in [1.807, 2.05) is 36.4 Å². The first kappa shape index (κ1) is 20.1. The number of ether oxygens (including phenoxy) is 1. The minimum Gasteiger partial charge on any atom is -0.485 e. The topological polar surface area (TPSA) is 75.6 Å². The molecule has 0 bridgehead atoms. The zero-order valence-corrected chi connectivity index (χ0v) is 17.9. The van der Waals surface area contributed by atoms with E-state index in [9.17, 15) is 13.5 Å². The van der Waals surface area contributed by atoms with Gasteiger partial charge in [-0.15, -0.1) is 0 Å². The highest BCUT2D eigenvalue weighted by atomic mass is 79.9. The molecule has 29 heavy (non-hydrogen) atoms. The summed E-state index contributed by atoms with van der Waals surface area (Å²) in [6.45, 7) is -0.161. The molecule has 0 aliphatic carbocycles. The summed E-state index contributed by atoms with van der Waals surface area (Å²) in [5.41, 5.74) is 0.0911. The number of hydrogen-bond donors (Lipinski definition) is 2. The predicted octanol–water partition coefficient (Wildman–Crippen LogP) is 4.14. The van der Waals surface area contributed by atoms with Crippen molar-refractivity contribution in [2.45, 2.75) is 23.0 Å². The number of rotatable bonds is 5. The van der Waals surface area contributed by atoms with Crippen LogP contribution in [0.15, 0.2) is 88.2 Å². The van der Waals surface area contributed by atoms with Crippen molar-refractivity contribution >= 4 is 26.0 Å². The summed E-state index contributed by atoms with van der Waals surface area (Å²) in [5.74, 6) is 0.553. The Kier molecular flexibility index (Phi) is 5.48. The zero-order valence-electron chi connectivity index (χ0n) is 15.5. The van der Waals surface area contributed by atoms with Gasteiger partial charge in [0.1, 0.15) is 17.5 Å². The van der Waals surface area contributed by atoms with E-state index in [1.165, 1.54) is 12.1 Å². The van der Waals surface area contributed by atoms with E-state index < -0.39 is 15.6 Å². The van der Waals surface area contributed by atoms with Gasteiger partial charge in [-0.2, -0.15) is 0 Å². The van der Waals surface area contributed by atoms with Crippen molar-refractivity contribution in [2.75, 3.05) is 6.54 Å². The SMILES string of the molecule is O=S(=O)(NCC1(O)CC(c2ccccc2)Oc2ccccc21)c1cccc(Br)c1. The fourth-order valence-electron chi connectivity index (χ4n) is 3.52. The second-order valence-electron chi connectivity index (χ2n) is 7.03. The Morgan fingerprint density at radius 3 is 2.52 bits per heavy atom. The first-order valence-corrected chi connectivity index (χ1v) is 11.4. The van der Waals surface area contributed by atoms with E-state index in [4.69, 9.17) is 4.74 Å². The van der Waals surface area contributed by atoms with Crippen molar-refractivity contribution in [2.24, 2.45) is 0 Å². The normalized spacial score (nSPS) is 21.2. The third-order valence-electron chi connectivity index (χ3n) is 5.01. The van der Waals surface area contributed by atoms with Gasteiger partial charge in [-0.1, -0.05) is 70.5 Å². The molecule has 0 saturated carbocycles. The first-order valence-electron chi connectivity index (χ1n) is 9.16. The minimum atomic E-state index is -3.79. The van der Waals surface area contributed by atoms with E-state index >= 15 is 0 Å². The second kappa shape index (κ2) is 7.91. The van der Waals surface area contributed by atoms with Crippen LogP contribution in [0.2, 0.25) is 0 Å². The number of sulfonamides is 1. The van der Waals surface area contributed by atoms with E-state index in [0.29, 0.717) is 15.8 Å². The van der Waals surface area contributed by atoms with Gasteiger partial charge in [0, 0.05) is 23.0 Å². The molecule has 1 aliphatic rings. The van der Waals surface area contributed by atoms with Crippen molar-refractivity contribution in [3.05, 3.63) is 94.5 Å². The zero-order chi connectivity index (χ0) is 20.5. The number of nitrogens with one attached hydrogen (secondary N) is 1. The average molecular weight is 474 g/mol. The third-order valence-corrected chi connectivity index (χ3v) is 6.91. The van der Waals surface area contributed by atoms with Gasteiger partial charge in [0.25, 0.3) is 0 Å². The van der Waals surface area contributed by atoms with Crippen LogP contribution in [0, 0.1) is 0 Å². The van der Waals surface area contributed by atoms with Crippen molar-refractivity contribution in [3.63, 3.8) is 0 Å². The quantitative estimate of drug-likeness (QED) is 0.583. The van der Waals surface area contributed by atoms with Crippen LogP contribution in [0.5, 0.6) is 5.75 Å². The van der Waals surface area contributed by atoms with Gasteiger partial charge in [-0.25, -0.2) is 13.1 Å². The molecule has 5 nitrogen and oxygen atoms in total. The smallest absolute Gasteiger partial charge is 0.240 e. The average Bonchev–Trinajstić information content (AvgIpc) is 2.73. The maximum Gasteiger partial charge on any atom is 0.240 e. The van der Waals surface area contributed by atoms with E-state index in [1.54, 1.807) is 30.3 Å². The highest BCUT2D eigenvalue weighted by molar-refractivity contribution is 9.10. The van der Waals surface area contributed by atoms with Crippen LogP contribution in [-0.2, 0) is 15.6 Å². The fraction of sp³-hybridized carbons (Fsp3) is 0.182. The van der Waals surface area contributed by atoms with E-state index in [0.717, 1.165) is 5.56 Å². The van der Waals surface area contributed by atoms with Gasteiger partial charge in [0.2, 0.25) is 10.0 Å². The highest BCUT2D eigenvalue weighted by Crippen LogP contribution is 2.44. The molecule has 2 atom stereocenters. The molecule has 0 aromatic heterocycles. The molecular formula is C22H20BrNO4S. The Morgan fingerprint density at radius 2 is 1.76 bits per heavy atom. The van der Waals surface area contributed by atoms with Gasteiger partial charge < -0.3 is 9.84 Å². The molecule has 0 radical (unpaired) electrons. The van der Waals surface area contributed by atoms with Crippen LogP contribution in [0.1, 0.15) is 23.7 Å². The van der Waals surface area contributed by atoms with E-state index in [2.05, 4.69) is 20.7 Å². The standard InChI is InChI=1S/C22H20BrNO4S/c23-17-9-6-10-18(13-17)29(26,27)24-15-22(25)14-21(16-7-2-1-3-8-16)28-20-12-5-4-11-19(20)22/h1-13,21,24-25H,14-15H2. The molecule has 1 aliphatic heterocycles. The Hall–Kier alpha value is -2.19. The van der Waals surface area contributed by atoms with Crippen LogP contribution in [0.4, 0.5) is 0 Å². The Labute approximate surface area is 178 Å². The fourth-order valence-corrected chi connectivity index (χ4v) is 5.20. The molecule has 0 saturated heterocycles. The summed E-state index contributed by atoms with van der Waals surface area (Å²) in [5, 5.41) is 11.5. The van der Waals surface area contributed by atoms with Gasteiger partial charge >= 0.3 is 0 Å². The maximum absolute atomic E-state index is 12.8. The van der Waals surface area contributed by atoms with Gasteiger partial charge in [0.05, 0.1) is 4.90 Å². The lowest BCUT2D eigenvalue weighted by Gasteiger charge is -2.39. The molecule has 2 unspecified atom stereocenters. The molecule has 0 amide bonds. The number of fused-ring (bicyclic) bond motifs is 1. The predicted molar refractivity (Wildman–Crippen MR) is 114 cm³/mol. The minimum absolute atomic E-state index is 0.135. The van der Waals surface area contributed by atoms with Crippen LogP contribution >= 0.6 is 15.9 Å². The molecule has 7 heteroatoms. The highest BCUT2D eigenvalue weighted by Gasteiger charge is 2.41. The molecular weight excluding hydrogens is 454 g/mol. The van der Waals surface area contributed by atoms with Gasteiger partial charge in [-0.05, 0) is 29.8 Å². The number of benzene rings is 3. The largest absolute Gasteiger partial charge is 0.485 e. The lowest BCUT2D eigenvalue weighted by Crippen LogP contribution is -2.44. The van der Waals surface area contributed by atoms with Crippen LogP contribution < -0.4 is 9.46 Å². The molecule has 0 spiro atoms. The van der Waals surface area contributed by atoms with Gasteiger partial charge in [-0.3, -0.25) is 0 Å². The molecule has 3 aromatic carbocycles. The Bertz CT molecular complexity index is 1120.